The van der Waals surface area contributed by atoms with E-state index in [9.17, 15) is 4.79 Å². The highest BCUT2D eigenvalue weighted by atomic mass is 16.2. The van der Waals surface area contributed by atoms with E-state index in [1.165, 1.54) is 40.6 Å². The topological polar surface area (TPSA) is 59.0 Å². The van der Waals surface area contributed by atoms with Crippen LogP contribution in [0.4, 0.5) is 10.5 Å². The van der Waals surface area contributed by atoms with E-state index in [0.29, 0.717) is 18.4 Å². The summed E-state index contributed by atoms with van der Waals surface area (Å²) in [5.74, 6) is 0.672. The van der Waals surface area contributed by atoms with Crippen molar-refractivity contribution in [1.29, 1.82) is 0 Å². The van der Waals surface area contributed by atoms with Gasteiger partial charge in [0.05, 0.1) is 5.54 Å². The lowest BCUT2D eigenvalue weighted by Gasteiger charge is -2.33. The Labute approximate surface area is 198 Å². The number of hydrogen-bond donors (Lipinski definition) is 2. The zero-order valence-electron chi connectivity index (χ0n) is 21.0. The van der Waals surface area contributed by atoms with Crippen molar-refractivity contribution in [2.45, 2.75) is 84.6 Å². The number of urea groups is 1. The summed E-state index contributed by atoms with van der Waals surface area (Å²) < 4.78 is 2.41. The van der Waals surface area contributed by atoms with Gasteiger partial charge in [0.25, 0.3) is 0 Å². The molecule has 176 valence electrons. The van der Waals surface area contributed by atoms with E-state index < -0.39 is 0 Å². The third-order valence-corrected chi connectivity index (χ3v) is 7.48. The number of aryl methyl sites for hydroxylation is 1. The van der Waals surface area contributed by atoms with Crippen LogP contribution in [0.5, 0.6) is 0 Å². The fourth-order valence-electron chi connectivity index (χ4n) is 5.58. The van der Waals surface area contributed by atoms with Gasteiger partial charge in [0.15, 0.2) is 0 Å². The highest BCUT2D eigenvalue weighted by Crippen LogP contribution is 2.41. The largest absolute Gasteiger partial charge is 0.335 e. The van der Waals surface area contributed by atoms with Crippen LogP contribution < -0.4 is 10.6 Å². The molecule has 5 heteroatoms. The highest BCUT2D eigenvalue weighted by Gasteiger charge is 2.38. The molecule has 0 saturated heterocycles. The molecule has 0 unspecified atom stereocenters. The molecule has 3 aromatic rings. The quantitative estimate of drug-likeness (QED) is 0.429. The third-order valence-electron chi connectivity index (χ3n) is 7.48. The Balaban J connectivity index is 1.62. The number of benzene rings is 1. The number of pyridine rings is 1. The molecule has 4 rings (SSSR count). The Morgan fingerprint density at radius 3 is 2.27 bits per heavy atom. The number of carbonyl (C=O) groups is 1. The molecule has 1 fully saturated rings. The molecule has 0 spiro atoms. The van der Waals surface area contributed by atoms with Gasteiger partial charge >= 0.3 is 6.03 Å². The number of fused-ring (bicyclic) bond motifs is 1. The van der Waals surface area contributed by atoms with E-state index in [2.05, 4.69) is 81.0 Å². The molecule has 0 bridgehead atoms. The molecular weight excluding hydrogens is 408 g/mol. The van der Waals surface area contributed by atoms with Crippen molar-refractivity contribution in [3.63, 3.8) is 0 Å². The number of para-hydroxylation sites is 1. The summed E-state index contributed by atoms with van der Waals surface area (Å²) in [6, 6.07) is 10.4. The van der Waals surface area contributed by atoms with Gasteiger partial charge in [0.2, 0.25) is 0 Å². The van der Waals surface area contributed by atoms with Gasteiger partial charge in [0, 0.05) is 29.5 Å². The second-order valence-corrected chi connectivity index (χ2v) is 10.3. The summed E-state index contributed by atoms with van der Waals surface area (Å²) >= 11 is 0. The summed E-state index contributed by atoms with van der Waals surface area (Å²) in [5.41, 5.74) is 6.74. The molecule has 0 aliphatic heterocycles. The van der Waals surface area contributed by atoms with Crippen molar-refractivity contribution in [2.75, 3.05) is 11.9 Å². The Hall–Kier alpha value is -2.82. The number of amides is 2. The molecular formula is C28H38N4O. The molecule has 1 saturated carbocycles. The van der Waals surface area contributed by atoms with Gasteiger partial charge in [0.1, 0.15) is 5.65 Å². The first-order valence-electron chi connectivity index (χ1n) is 12.4. The Kier molecular flexibility index (Phi) is 6.51. The van der Waals surface area contributed by atoms with E-state index >= 15 is 0 Å². The Morgan fingerprint density at radius 1 is 1.03 bits per heavy atom. The number of carbonyl (C=O) groups excluding carboxylic acids is 1. The van der Waals surface area contributed by atoms with Gasteiger partial charge in [-0.1, -0.05) is 58.7 Å². The lowest BCUT2D eigenvalue weighted by atomic mass is 9.92. The molecule has 1 aliphatic rings. The van der Waals surface area contributed by atoms with E-state index in [1.807, 2.05) is 12.3 Å². The summed E-state index contributed by atoms with van der Waals surface area (Å²) in [5, 5.41) is 7.67. The van der Waals surface area contributed by atoms with Gasteiger partial charge in [-0.2, -0.15) is 0 Å². The predicted molar refractivity (Wildman–Crippen MR) is 137 cm³/mol. The summed E-state index contributed by atoms with van der Waals surface area (Å²) in [7, 11) is 0. The number of rotatable bonds is 6. The van der Waals surface area contributed by atoms with Crippen molar-refractivity contribution in [1.82, 2.24) is 14.9 Å². The summed E-state index contributed by atoms with van der Waals surface area (Å²) in [4.78, 5) is 17.9. The normalized spacial score (nSPS) is 15.5. The van der Waals surface area contributed by atoms with Crippen molar-refractivity contribution < 1.29 is 4.79 Å². The Bertz CT molecular complexity index is 1130. The third kappa shape index (κ3) is 4.25. The monoisotopic (exact) mass is 446 g/mol. The van der Waals surface area contributed by atoms with Crippen LogP contribution >= 0.6 is 0 Å². The number of aromatic nitrogens is 2. The fraction of sp³-hybridized carbons (Fsp3) is 0.500. The predicted octanol–water partition coefficient (Wildman–Crippen LogP) is 6.99. The lowest BCUT2D eigenvalue weighted by molar-refractivity contribution is 0.238. The number of anilines is 1. The molecule has 1 aliphatic carbocycles. The van der Waals surface area contributed by atoms with E-state index in [-0.39, 0.29) is 11.6 Å². The summed E-state index contributed by atoms with van der Waals surface area (Å²) in [6.07, 6.45) is 6.31. The van der Waals surface area contributed by atoms with Crippen molar-refractivity contribution >= 4 is 22.8 Å². The first-order chi connectivity index (χ1) is 15.7. The van der Waals surface area contributed by atoms with Gasteiger partial charge in [-0.25, -0.2) is 9.78 Å². The van der Waals surface area contributed by atoms with Gasteiger partial charge in [-0.15, -0.1) is 0 Å². The standard InChI is InChI=1S/C28H38N4O/c1-18(2)22-11-9-12-23(19(3)4)25(22)31-27(33)30-17-28(14-7-8-15-28)32-21(6)20(5)24-13-10-16-29-26(24)32/h9-13,16,18-19H,7-8,14-15,17H2,1-6H3,(H2,30,31,33). The van der Waals surface area contributed by atoms with Gasteiger partial charge in [-0.05, 0) is 67.3 Å². The maximum atomic E-state index is 13.2. The van der Waals surface area contributed by atoms with E-state index in [1.54, 1.807) is 0 Å². The van der Waals surface area contributed by atoms with Crippen LogP contribution in [-0.2, 0) is 5.54 Å². The molecule has 0 atom stereocenters. The molecule has 2 N–H and O–H groups in total. The second-order valence-electron chi connectivity index (χ2n) is 10.3. The van der Waals surface area contributed by atoms with Crippen molar-refractivity contribution in [3.05, 3.63) is 58.9 Å². The minimum atomic E-state index is -0.138. The number of nitrogens with zero attached hydrogens (tertiary/aromatic N) is 2. The molecule has 2 aromatic heterocycles. The first kappa shape index (κ1) is 23.3. The van der Waals surface area contributed by atoms with Gasteiger partial charge in [-0.3, -0.25) is 0 Å². The average Bonchev–Trinajstić information content (AvgIpc) is 3.36. The van der Waals surface area contributed by atoms with Gasteiger partial charge < -0.3 is 15.2 Å². The highest BCUT2D eigenvalue weighted by molar-refractivity contribution is 5.91. The maximum absolute atomic E-state index is 13.2. The minimum Gasteiger partial charge on any atom is -0.335 e. The van der Waals surface area contributed by atoms with E-state index in [4.69, 9.17) is 4.98 Å². The van der Waals surface area contributed by atoms with Crippen molar-refractivity contribution in [2.24, 2.45) is 0 Å². The number of nitrogens with one attached hydrogen (secondary N) is 2. The van der Waals surface area contributed by atoms with Crippen LogP contribution in [0.15, 0.2) is 36.5 Å². The molecule has 2 amide bonds. The zero-order chi connectivity index (χ0) is 23.8. The molecule has 33 heavy (non-hydrogen) atoms. The van der Waals surface area contributed by atoms with Crippen LogP contribution in [0.2, 0.25) is 0 Å². The Morgan fingerprint density at radius 2 is 1.67 bits per heavy atom. The number of hydrogen-bond acceptors (Lipinski definition) is 2. The van der Waals surface area contributed by atoms with Crippen LogP contribution in [-0.4, -0.2) is 22.1 Å². The lowest BCUT2D eigenvalue weighted by Crippen LogP contribution is -2.45. The van der Waals surface area contributed by atoms with Crippen LogP contribution in [0.1, 0.15) is 87.6 Å². The fourth-order valence-corrected chi connectivity index (χ4v) is 5.58. The molecule has 5 nitrogen and oxygen atoms in total. The average molecular weight is 447 g/mol. The second kappa shape index (κ2) is 9.20. The van der Waals surface area contributed by atoms with Crippen molar-refractivity contribution in [3.8, 4) is 0 Å². The maximum Gasteiger partial charge on any atom is 0.319 e. The molecule has 0 radical (unpaired) electrons. The van der Waals surface area contributed by atoms with Crippen LogP contribution in [0.25, 0.3) is 11.0 Å². The van der Waals surface area contributed by atoms with Crippen LogP contribution in [0.3, 0.4) is 0 Å². The first-order valence-corrected chi connectivity index (χ1v) is 12.4. The smallest absolute Gasteiger partial charge is 0.319 e. The summed E-state index contributed by atoms with van der Waals surface area (Å²) in [6.45, 7) is 13.6. The minimum absolute atomic E-state index is 0.130. The van der Waals surface area contributed by atoms with Crippen LogP contribution in [0, 0.1) is 13.8 Å². The SMILES string of the molecule is Cc1c(C)n(C2(CNC(=O)Nc3c(C(C)C)cccc3C(C)C)CCCC2)c2ncccc12. The molecule has 2 heterocycles. The van der Waals surface area contributed by atoms with E-state index in [0.717, 1.165) is 24.2 Å². The zero-order valence-corrected chi connectivity index (χ0v) is 21.0. The molecule has 1 aromatic carbocycles.